The lowest BCUT2D eigenvalue weighted by atomic mass is 9.73. The number of nitrogens with one attached hydrogen (secondary N) is 2. The molecule has 0 bridgehead atoms. The second-order valence-electron chi connectivity index (χ2n) is 6.58. The zero-order valence-corrected chi connectivity index (χ0v) is 13.9. The number of amides is 2. The highest BCUT2D eigenvalue weighted by molar-refractivity contribution is 5.73. The molecule has 0 radical (unpaired) electrons. The average Bonchev–Trinajstić information content (AvgIpc) is 2.86. The Morgan fingerprint density at radius 3 is 2.95 bits per heavy atom. The number of carbonyl (C=O) groups excluding carboxylic acids is 1. The summed E-state index contributed by atoms with van der Waals surface area (Å²) < 4.78 is 1.77. The smallest absolute Gasteiger partial charge is 0.315 e. The first kappa shape index (κ1) is 16.8. The van der Waals surface area contributed by atoms with Crippen molar-refractivity contribution in [1.29, 1.82) is 0 Å². The van der Waals surface area contributed by atoms with Crippen LogP contribution < -0.4 is 10.6 Å². The van der Waals surface area contributed by atoms with Crippen molar-refractivity contribution in [3.8, 4) is 0 Å². The molecular formula is C16H28N4O2. The van der Waals surface area contributed by atoms with Crippen molar-refractivity contribution in [2.24, 2.45) is 12.5 Å². The highest BCUT2D eigenvalue weighted by Gasteiger charge is 2.35. The quantitative estimate of drug-likeness (QED) is 0.775. The van der Waals surface area contributed by atoms with Gasteiger partial charge in [0.25, 0.3) is 0 Å². The molecule has 0 aliphatic heterocycles. The maximum atomic E-state index is 12.0. The predicted molar refractivity (Wildman–Crippen MR) is 85.4 cm³/mol. The normalized spacial score (nSPS) is 25.0. The van der Waals surface area contributed by atoms with Crippen molar-refractivity contribution in [3.63, 3.8) is 0 Å². The summed E-state index contributed by atoms with van der Waals surface area (Å²) in [6.07, 6.45) is 6.43. The first-order valence-electron chi connectivity index (χ1n) is 8.16. The molecule has 1 aromatic heterocycles. The highest BCUT2D eigenvalue weighted by atomic mass is 16.3. The van der Waals surface area contributed by atoms with Crippen molar-refractivity contribution in [3.05, 3.63) is 17.5 Å². The lowest BCUT2D eigenvalue weighted by Crippen LogP contribution is -2.47. The molecule has 0 spiro atoms. The molecule has 2 amide bonds. The van der Waals surface area contributed by atoms with E-state index in [1.54, 1.807) is 4.68 Å². The molecule has 6 nitrogen and oxygen atoms in total. The van der Waals surface area contributed by atoms with Crippen LogP contribution in [0.1, 0.15) is 50.8 Å². The van der Waals surface area contributed by atoms with Gasteiger partial charge in [-0.2, -0.15) is 5.10 Å². The van der Waals surface area contributed by atoms with Gasteiger partial charge in [-0.1, -0.05) is 26.7 Å². The molecule has 1 aliphatic rings. The fraction of sp³-hybridized carbons (Fsp3) is 0.750. The number of nitrogens with zero attached hydrogens (tertiary/aromatic N) is 2. The Bertz CT molecular complexity index is 514. The fourth-order valence-corrected chi connectivity index (χ4v) is 3.14. The Balaban J connectivity index is 1.80. The number of rotatable bonds is 5. The van der Waals surface area contributed by atoms with Gasteiger partial charge in [-0.05, 0) is 19.3 Å². The number of hydrogen-bond donors (Lipinski definition) is 3. The third-order valence-electron chi connectivity index (χ3n) is 4.70. The summed E-state index contributed by atoms with van der Waals surface area (Å²) in [5.74, 6) is 0. The first-order valence-corrected chi connectivity index (χ1v) is 8.16. The van der Waals surface area contributed by atoms with E-state index < -0.39 is 0 Å². The van der Waals surface area contributed by atoms with Gasteiger partial charge in [0.2, 0.25) is 0 Å². The van der Waals surface area contributed by atoms with Crippen molar-refractivity contribution in [1.82, 2.24) is 20.4 Å². The number of carbonyl (C=O) groups is 1. The van der Waals surface area contributed by atoms with Crippen LogP contribution in [0.25, 0.3) is 0 Å². The largest absolute Gasteiger partial charge is 0.392 e. The first-order chi connectivity index (χ1) is 10.4. The summed E-state index contributed by atoms with van der Waals surface area (Å²) in [7, 11) is 1.88. The number of aromatic nitrogens is 2. The standard InChI is InChI=1S/C16H28N4O2/c1-4-13-12(10-20(3)19-13)9-17-15(22)18-11-16(2)8-6-5-7-14(16)21/h10,14,21H,4-9,11H2,1-3H3,(H2,17,18,22). The monoisotopic (exact) mass is 308 g/mol. The summed E-state index contributed by atoms with van der Waals surface area (Å²) >= 11 is 0. The molecule has 2 atom stereocenters. The third-order valence-corrected chi connectivity index (χ3v) is 4.70. The molecule has 1 aliphatic carbocycles. The third kappa shape index (κ3) is 4.00. The van der Waals surface area contributed by atoms with Gasteiger partial charge < -0.3 is 15.7 Å². The van der Waals surface area contributed by atoms with Gasteiger partial charge in [0.1, 0.15) is 0 Å². The maximum absolute atomic E-state index is 12.0. The topological polar surface area (TPSA) is 79.2 Å². The summed E-state index contributed by atoms with van der Waals surface area (Å²) in [6.45, 7) is 5.08. The molecule has 0 saturated heterocycles. The van der Waals surface area contributed by atoms with E-state index in [9.17, 15) is 9.90 Å². The highest BCUT2D eigenvalue weighted by Crippen LogP contribution is 2.35. The van der Waals surface area contributed by atoms with Crippen molar-refractivity contribution in [2.75, 3.05) is 6.54 Å². The molecular weight excluding hydrogens is 280 g/mol. The molecule has 1 heterocycles. The Hall–Kier alpha value is -1.56. The minimum atomic E-state index is -0.327. The molecule has 22 heavy (non-hydrogen) atoms. The molecule has 2 rings (SSSR count). The van der Waals surface area contributed by atoms with E-state index in [1.165, 1.54) is 0 Å². The van der Waals surface area contributed by atoms with Gasteiger partial charge in [-0.25, -0.2) is 4.79 Å². The van der Waals surface area contributed by atoms with Gasteiger partial charge in [0, 0.05) is 37.3 Å². The number of aliphatic hydroxyl groups excluding tert-OH is 1. The SMILES string of the molecule is CCc1nn(C)cc1CNC(=O)NCC1(C)CCCCC1O. The van der Waals surface area contributed by atoms with Crippen LogP contribution in [-0.4, -0.2) is 33.6 Å². The van der Waals surface area contributed by atoms with Crippen LogP contribution in [0.15, 0.2) is 6.20 Å². The Morgan fingerprint density at radius 1 is 1.50 bits per heavy atom. The maximum Gasteiger partial charge on any atom is 0.315 e. The van der Waals surface area contributed by atoms with Gasteiger partial charge in [-0.3, -0.25) is 4.68 Å². The molecule has 124 valence electrons. The van der Waals surface area contributed by atoms with Crippen LogP contribution in [0.3, 0.4) is 0 Å². The van der Waals surface area contributed by atoms with Crippen LogP contribution in [0.4, 0.5) is 4.79 Å². The molecule has 1 fully saturated rings. The Kier molecular flexibility index (Phi) is 5.45. The van der Waals surface area contributed by atoms with Crippen molar-refractivity contribution in [2.45, 2.75) is 58.6 Å². The van der Waals surface area contributed by atoms with Crippen LogP contribution in [0.2, 0.25) is 0 Å². The van der Waals surface area contributed by atoms with E-state index >= 15 is 0 Å². The average molecular weight is 308 g/mol. The van der Waals surface area contributed by atoms with Gasteiger partial charge in [-0.15, -0.1) is 0 Å². The van der Waals surface area contributed by atoms with Crippen molar-refractivity contribution < 1.29 is 9.90 Å². The zero-order chi connectivity index (χ0) is 16.2. The van der Waals surface area contributed by atoms with E-state index in [0.29, 0.717) is 13.1 Å². The van der Waals surface area contributed by atoms with Gasteiger partial charge in [0.15, 0.2) is 0 Å². The minimum Gasteiger partial charge on any atom is -0.392 e. The van der Waals surface area contributed by atoms with E-state index in [1.807, 2.05) is 20.2 Å². The zero-order valence-electron chi connectivity index (χ0n) is 13.9. The van der Waals surface area contributed by atoms with E-state index in [-0.39, 0.29) is 17.6 Å². The van der Waals surface area contributed by atoms with Crippen molar-refractivity contribution >= 4 is 6.03 Å². The van der Waals surface area contributed by atoms with E-state index in [4.69, 9.17) is 0 Å². The number of hydrogen-bond acceptors (Lipinski definition) is 3. The lowest BCUT2D eigenvalue weighted by Gasteiger charge is -2.38. The molecule has 0 aromatic carbocycles. The molecule has 1 aromatic rings. The van der Waals surface area contributed by atoms with Crippen LogP contribution in [0.5, 0.6) is 0 Å². The second kappa shape index (κ2) is 7.13. The summed E-state index contributed by atoms with van der Waals surface area (Å²) in [6, 6.07) is -0.190. The van der Waals surface area contributed by atoms with Crippen LogP contribution in [0, 0.1) is 5.41 Å². The van der Waals surface area contributed by atoms with Gasteiger partial charge >= 0.3 is 6.03 Å². The second-order valence-corrected chi connectivity index (χ2v) is 6.58. The Morgan fingerprint density at radius 2 is 2.27 bits per heavy atom. The fourth-order valence-electron chi connectivity index (χ4n) is 3.14. The number of urea groups is 1. The summed E-state index contributed by atoms with van der Waals surface area (Å²) in [4.78, 5) is 12.0. The van der Waals surface area contributed by atoms with Gasteiger partial charge in [0.05, 0.1) is 11.8 Å². The summed E-state index contributed by atoms with van der Waals surface area (Å²) in [5, 5.41) is 20.3. The van der Waals surface area contributed by atoms with E-state index in [2.05, 4.69) is 22.7 Å². The number of aryl methyl sites for hydroxylation is 2. The van der Waals surface area contributed by atoms with Crippen LogP contribution >= 0.6 is 0 Å². The predicted octanol–water partition coefficient (Wildman–Crippen LogP) is 1.72. The summed E-state index contributed by atoms with van der Waals surface area (Å²) in [5.41, 5.74) is 1.85. The minimum absolute atomic E-state index is 0.190. The number of aliphatic hydroxyl groups is 1. The molecule has 1 saturated carbocycles. The molecule has 6 heteroatoms. The van der Waals surface area contributed by atoms with E-state index in [0.717, 1.165) is 43.4 Å². The Labute approximate surface area is 132 Å². The van der Waals surface area contributed by atoms with Crippen LogP contribution in [-0.2, 0) is 20.0 Å². The molecule has 3 N–H and O–H groups in total. The lowest BCUT2D eigenvalue weighted by molar-refractivity contribution is 0.00309. The molecule has 2 unspecified atom stereocenters.